The lowest BCUT2D eigenvalue weighted by Crippen LogP contribution is -2.33. The van der Waals surface area contributed by atoms with Crippen LogP contribution in [0.5, 0.6) is 5.75 Å². The molecule has 0 aliphatic carbocycles. The van der Waals surface area contributed by atoms with Gasteiger partial charge >= 0.3 is 5.97 Å². The molecule has 0 saturated carbocycles. The van der Waals surface area contributed by atoms with Crippen LogP contribution in [0, 0.1) is 5.82 Å². The number of hydrogen-bond donors (Lipinski definition) is 0. The third-order valence-electron chi connectivity index (χ3n) is 4.01. The number of ether oxygens (including phenoxy) is 1. The zero-order chi connectivity index (χ0) is 18.5. The van der Waals surface area contributed by atoms with E-state index >= 15 is 0 Å². The highest BCUT2D eigenvalue weighted by molar-refractivity contribution is 6.37. The molecule has 1 aliphatic rings. The summed E-state index contributed by atoms with van der Waals surface area (Å²) in [6, 6.07) is 9.88. The van der Waals surface area contributed by atoms with Crippen LogP contribution in [-0.2, 0) is 22.4 Å². The van der Waals surface area contributed by atoms with Crippen molar-refractivity contribution in [2.45, 2.75) is 25.7 Å². The first kappa shape index (κ1) is 17.7. The molecule has 3 rings (SSSR count). The summed E-state index contributed by atoms with van der Waals surface area (Å²) in [5, 5.41) is 5.07. The van der Waals surface area contributed by atoms with Gasteiger partial charge in [0.25, 0.3) is 0 Å². The number of nitrogens with zero attached hydrogens (tertiary/aromatic N) is 3. The fourth-order valence-corrected chi connectivity index (χ4v) is 2.57. The molecule has 2 aromatic rings. The Kier molecular flexibility index (Phi) is 5.36. The second-order valence-corrected chi connectivity index (χ2v) is 5.97. The lowest BCUT2D eigenvalue weighted by Gasteiger charge is -2.18. The number of rotatable bonds is 5. The Labute approximate surface area is 150 Å². The van der Waals surface area contributed by atoms with Crippen molar-refractivity contribution in [2.75, 3.05) is 7.05 Å². The Morgan fingerprint density at radius 3 is 2.77 bits per heavy atom. The molecular formula is C19H18FN3O3. The molecule has 0 atom stereocenters. The van der Waals surface area contributed by atoms with Crippen molar-refractivity contribution < 1.29 is 18.7 Å². The van der Waals surface area contributed by atoms with Crippen molar-refractivity contribution in [1.82, 2.24) is 9.99 Å². The third kappa shape index (κ3) is 4.50. The van der Waals surface area contributed by atoms with E-state index in [0.717, 1.165) is 16.3 Å². The summed E-state index contributed by atoms with van der Waals surface area (Å²) in [7, 11) is 1.50. The molecule has 134 valence electrons. The molecule has 1 aliphatic heterocycles. The molecule has 1 aromatic heterocycles. The van der Waals surface area contributed by atoms with Crippen LogP contribution in [0.25, 0.3) is 0 Å². The second kappa shape index (κ2) is 7.86. The van der Waals surface area contributed by atoms with Crippen molar-refractivity contribution in [1.29, 1.82) is 0 Å². The van der Waals surface area contributed by atoms with E-state index in [-0.39, 0.29) is 30.3 Å². The number of pyridine rings is 1. The second-order valence-electron chi connectivity index (χ2n) is 5.97. The normalized spacial score (nSPS) is 14.2. The lowest BCUT2D eigenvalue weighted by atomic mass is 10.1. The van der Waals surface area contributed by atoms with Crippen molar-refractivity contribution in [2.24, 2.45) is 5.10 Å². The number of esters is 1. The predicted octanol–water partition coefficient (Wildman–Crippen LogP) is 2.52. The lowest BCUT2D eigenvalue weighted by molar-refractivity contribution is -0.131. The van der Waals surface area contributed by atoms with E-state index < -0.39 is 5.97 Å². The molecule has 6 nitrogen and oxygen atoms in total. The number of hydrogen-bond acceptors (Lipinski definition) is 5. The number of amides is 1. The van der Waals surface area contributed by atoms with E-state index in [0.29, 0.717) is 18.6 Å². The van der Waals surface area contributed by atoms with E-state index in [4.69, 9.17) is 4.74 Å². The molecule has 26 heavy (non-hydrogen) atoms. The van der Waals surface area contributed by atoms with Gasteiger partial charge < -0.3 is 4.74 Å². The zero-order valence-electron chi connectivity index (χ0n) is 14.3. The van der Waals surface area contributed by atoms with Crippen LogP contribution in [0.1, 0.15) is 24.1 Å². The average Bonchev–Trinajstić information content (AvgIpc) is 2.63. The summed E-state index contributed by atoms with van der Waals surface area (Å²) < 4.78 is 18.4. The van der Waals surface area contributed by atoms with Crippen LogP contribution in [0.15, 0.2) is 47.7 Å². The Morgan fingerprint density at radius 1 is 1.23 bits per heavy atom. The van der Waals surface area contributed by atoms with Gasteiger partial charge in [-0.15, -0.1) is 0 Å². The van der Waals surface area contributed by atoms with Crippen LogP contribution in [0.3, 0.4) is 0 Å². The summed E-state index contributed by atoms with van der Waals surface area (Å²) in [5.74, 6) is -0.660. The molecule has 7 heteroatoms. The number of benzene rings is 1. The van der Waals surface area contributed by atoms with Gasteiger partial charge in [-0.05, 0) is 42.7 Å². The number of aryl methyl sites for hydroxylation is 2. The number of halogens is 1. The summed E-state index contributed by atoms with van der Waals surface area (Å²) in [6.07, 6.45) is 3.29. The topological polar surface area (TPSA) is 71.9 Å². The van der Waals surface area contributed by atoms with Gasteiger partial charge in [0.1, 0.15) is 17.3 Å². The summed E-state index contributed by atoms with van der Waals surface area (Å²) in [6.45, 7) is 0. The molecule has 0 N–H and O–H groups in total. The monoisotopic (exact) mass is 355 g/mol. The zero-order valence-corrected chi connectivity index (χ0v) is 14.3. The first-order valence-electron chi connectivity index (χ1n) is 8.27. The molecule has 0 radical (unpaired) electrons. The molecule has 0 unspecified atom stereocenters. The van der Waals surface area contributed by atoms with Crippen molar-refractivity contribution in [3.8, 4) is 5.75 Å². The predicted molar refractivity (Wildman–Crippen MR) is 93.1 cm³/mol. The molecule has 0 saturated heterocycles. The Bertz CT molecular complexity index is 849. The largest absolute Gasteiger partial charge is 0.420 e. The standard InChI is InChI=1S/C19H18FN3O3/c1-23-18(24)10-9-17(22-23)19(25)26-16-8-7-15(21-12-16)6-5-13-3-2-4-14(20)11-13/h2-4,7-8,11-12H,5-6,9-10H2,1H3. The Hall–Kier alpha value is -3.09. The van der Waals surface area contributed by atoms with Crippen molar-refractivity contribution in [3.05, 3.63) is 59.7 Å². The summed E-state index contributed by atoms with van der Waals surface area (Å²) in [4.78, 5) is 27.7. The molecule has 2 heterocycles. The van der Waals surface area contributed by atoms with Crippen LogP contribution in [0.4, 0.5) is 4.39 Å². The SMILES string of the molecule is CN1N=C(C(=O)Oc2ccc(CCc3cccc(F)c3)nc2)CCC1=O. The Balaban J connectivity index is 1.57. The van der Waals surface area contributed by atoms with Crippen molar-refractivity contribution in [3.63, 3.8) is 0 Å². The van der Waals surface area contributed by atoms with Gasteiger partial charge in [0.15, 0.2) is 0 Å². The van der Waals surface area contributed by atoms with Gasteiger partial charge in [-0.3, -0.25) is 9.78 Å². The fraction of sp³-hybridized carbons (Fsp3) is 0.263. The molecule has 0 bridgehead atoms. The van der Waals surface area contributed by atoms with Gasteiger partial charge in [-0.2, -0.15) is 5.10 Å². The first-order chi connectivity index (χ1) is 12.5. The number of carbonyl (C=O) groups excluding carboxylic acids is 2. The number of hydrazone groups is 1. The third-order valence-corrected chi connectivity index (χ3v) is 4.01. The van der Waals surface area contributed by atoms with E-state index in [1.54, 1.807) is 18.2 Å². The quantitative estimate of drug-likeness (QED) is 0.773. The van der Waals surface area contributed by atoms with E-state index in [9.17, 15) is 14.0 Å². The average molecular weight is 355 g/mol. The van der Waals surface area contributed by atoms with E-state index in [2.05, 4.69) is 10.1 Å². The maximum atomic E-state index is 13.2. The van der Waals surface area contributed by atoms with Crippen LogP contribution in [-0.4, -0.2) is 34.6 Å². The fourth-order valence-electron chi connectivity index (χ4n) is 2.57. The van der Waals surface area contributed by atoms with Gasteiger partial charge in [0, 0.05) is 25.6 Å². The summed E-state index contributed by atoms with van der Waals surface area (Å²) in [5.41, 5.74) is 1.92. The highest BCUT2D eigenvalue weighted by atomic mass is 19.1. The van der Waals surface area contributed by atoms with Gasteiger partial charge in [0.05, 0.1) is 6.20 Å². The van der Waals surface area contributed by atoms with Crippen molar-refractivity contribution >= 4 is 17.6 Å². The number of carbonyl (C=O) groups is 2. The smallest absolute Gasteiger partial charge is 0.359 e. The van der Waals surface area contributed by atoms with Gasteiger partial charge in [-0.25, -0.2) is 14.2 Å². The van der Waals surface area contributed by atoms with Crippen LogP contribution >= 0.6 is 0 Å². The van der Waals surface area contributed by atoms with E-state index in [1.165, 1.54) is 25.4 Å². The van der Waals surface area contributed by atoms with Crippen LogP contribution < -0.4 is 4.74 Å². The van der Waals surface area contributed by atoms with E-state index in [1.807, 2.05) is 6.07 Å². The maximum Gasteiger partial charge on any atom is 0.359 e. The molecule has 0 spiro atoms. The molecule has 1 amide bonds. The minimum absolute atomic E-state index is 0.133. The minimum atomic E-state index is -0.585. The molecule has 0 fully saturated rings. The van der Waals surface area contributed by atoms with Crippen LogP contribution in [0.2, 0.25) is 0 Å². The minimum Gasteiger partial charge on any atom is -0.420 e. The highest BCUT2D eigenvalue weighted by Crippen LogP contribution is 2.14. The van der Waals surface area contributed by atoms with Gasteiger partial charge in [-0.1, -0.05) is 12.1 Å². The molecular weight excluding hydrogens is 337 g/mol. The summed E-state index contributed by atoms with van der Waals surface area (Å²) >= 11 is 0. The first-order valence-corrected chi connectivity index (χ1v) is 8.27. The Morgan fingerprint density at radius 2 is 2.08 bits per heavy atom. The van der Waals surface area contributed by atoms with Gasteiger partial charge in [0.2, 0.25) is 5.91 Å². The maximum absolute atomic E-state index is 13.2. The molecule has 1 aromatic carbocycles. The number of aromatic nitrogens is 1. The highest BCUT2D eigenvalue weighted by Gasteiger charge is 2.23.